The summed E-state index contributed by atoms with van der Waals surface area (Å²) >= 11 is 0. The highest BCUT2D eigenvalue weighted by atomic mass is 16.7. The highest BCUT2D eigenvalue weighted by Gasteiger charge is 2.33. The molecule has 0 radical (unpaired) electrons. The van der Waals surface area contributed by atoms with Crippen LogP contribution in [0.4, 0.5) is 0 Å². The Hall–Kier alpha value is -3.22. The van der Waals surface area contributed by atoms with Gasteiger partial charge in [0.05, 0.1) is 17.2 Å². The number of aliphatic hydroxyl groups is 1. The van der Waals surface area contributed by atoms with Crippen molar-refractivity contribution in [1.82, 2.24) is 10.8 Å². The Kier molecular flexibility index (Phi) is 14.7. The number of carbonyl (C=O) groups excluding carboxylic acids is 2. The van der Waals surface area contributed by atoms with Gasteiger partial charge in [0, 0.05) is 12.1 Å². The fourth-order valence-corrected chi connectivity index (χ4v) is 4.86. The molecule has 3 N–H and O–H groups in total. The third-order valence-corrected chi connectivity index (χ3v) is 7.87. The molecule has 0 aliphatic carbocycles. The second-order valence-electron chi connectivity index (χ2n) is 14.3. The molecule has 45 heavy (non-hydrogen) atoms. The van der Waals surface area contributed by atoms with Crippen LogP contribution in [0.15, 0.2) is 66.3 Å². The molecule has 0 spiro atoms. The van der Waals surface area contributed by atoms with E-state index in [2.05, 4.69) is 70.2 Å². The Balaban J connectivity index is 2.40. The molecule has 2 aromatic carbocycles. The number of carbonyl (C=O) groups is 1. The van der Waals surface area contributed by atoms with E-state index in [1.807, 2.05) is 58.0 Å². The predicted octanol–water partition coefficient (Wildman–Crippen LogP) is 7.05. The van der Waals surface area contributed by atoms with Gasteiger partial charge < -0.3 is 15.2 Å². The van der Waals surface area contributed by atoms with Gasteiger partial charge in [-0.1, -0.05) is 97.0 Å². The first-order chi connectivity index (χ1) is 21.1. The van der Waals surface area contributed by atoms with Gasteiger partial charge in [-0.05, 0) is 80.0 Å². The zero-order valence-electron chi connectivity index (χ0n) is 29.0. The molecule has 2 rings (SSSR count). The second kappa shape index (κ2) is 17.5. The van der Waals surface area contributed by atoms with Crippen molar-refractivity contribution in [2.24, 2.45) is 11.8 Å². The highest BCUT2D eigenvalue weighted by molar-refractivity contribution is 6.00. The van der Waals surface area contributed by atoms with Crippen LogP contribution < -0.4 is 15.5 Å². The topological polar surface area (TPSA) is 96.9 Å². The molecule has 2 aromatic rings. The number of nitrogens with one attached hydrogen (secondary N) is 2. The minimum Gasteiger partial charge on any atom is -0.489 e. The zero-order valence-corrected chi connectivity index (χ0v) is 29.0. The van der Waals surface area contributed by atoms with Gasteiger partial charge in [0.25, 0.3) is 5.91 Å². The zero-order chi connectivity index (χ0) is 33.8. The minimum atomic E-state index is -1.37. The highest BCUT2D eigenvalue weighted by Crippen LogP contribution is 2.34. The number of rotatable bonds is 17. The first-order valence-corrected chi connectivity index (χ1v) is 16.2. The van der Waals surface area contributed by atoms with Crippen LogP contribution in [-0.2, 0) is 32.9 Å². The normalized spacial score (nSPS) is 13.9. The summed E-state index contributed by atoms with van der Waals surface area (Å²) in [5.41, 5.74) is 5.48. The summed E-state index contributed by atoms with van der Waals surface area (Å²) in [6.07, 6.45) is 1.47. The van der Waals surface area contributed by atoms with Crippen LogP contribution in [0.1, 0.15) is 98.3 Å². The second-order valence-corrected chi connectivity index (χ2v) is 14.3. The quantitative estimate of drug-likeness (QED) is 0.0577. The molecule has 0 unspecified atom stereocenters. The van der Waals surface area contributed by atoms with Crippen molar-refractivity contribution in [1.29, 1.82) is 0 Å². The maximum Gasteiger partial charge on any atom is 0.251 e. The molecular formula is C38H56N2O5. The molecule has 0 aromatic heterocycles. The molecule has 0 saturated heterocycles. The van der Waals surface area contributed by atoms with Gasteiger partial charge >= 0.3 is 0 Å². The van der Waals surface area contributed by atoms with E-state index in [1.165, 1.54) is 5.56 Å². The number of hydrogen-bond donors (Lipinski definition) is 3. The van der Waals surface area contributed by atoms with Crippen molar-refractivity contribution >= 4 is 11.8 Å². The Bertz CT molecular complexity index is 1280. The summed E-state index contributed by atoms with van der Waals surface area (Å²) in [6, 6.07) is 15.8. The van der Waals surface area contributed by atoms with Crippen molar-refractivity contribution in [2.75, 3.05) is 6.54 Å². The smallest absolute Gasteiger partial charge is 0.251 e. The van der Waals surface area contributed by atoms with E-state index in [9.17, 15) is 14.7 Å². The minimum absolute atomic E-state index is 0.0486. The molecule has 248 valence electrons. The van der Waals surface area contributed by atoms with E-state index in [0.29, 0.717) is 26.0 Å². The fraction of sp³-hybridized carbons (Fsp3) is 0.553. The molecule has 7 heteroatoms. The van der Waals surface area contributed by atoms with Crippen molar-refractivity contribution in [3.8, 4) is 5.75 Å². The van der Waals surface area contributed by atoms with E-state index in [4.69, 9.17) is 9.57 Å². The third kappa shape index (κ3) is 12.6. The number of hydrogen-bond acceptors (Lipinski definition) is 6. The number of unbranched alkanes of at least 4 members (excludes halogenated alkanes) is 1. The van der Waals surface area contributed by atoms with Gasteiger partial charge in [-0.15, -0.1) is 0 Å². The maximum absolute atomic E-state index is 12.7. The lowest BCUT2D eigenvalue weighted by molar-refractivity contribution is -0.118. The van der Waals surface area contributed by atoms with Crippen molar-refractivity contribution in [3.63, 3.8) is 0 Å². The Morgan fingerprint density at radius 3 is 2.27 bits per heavy atom. The largest absolute Gasteiger partial charge is 0.489 e. The standard InChI is InChI=1S/C38H56N2O5/c1-11-12-20-39-36(43)27(4)32(24-41)35(42)33(40-45-38(8,9)10)22-30(26(2)3)21-29-18-19-31(37(5,6)7)23-34(29)44-25-28-16-14-13-15-17-28/h13-19,23,26,30,33,35,40,42H,4,11-12,20-22,25H2,1-3,5-10H3,(H,39,43)/t30-,33-,35-/m0/s1. The van der Waals surface area contributed by atoms with Crippen LogP contribution in [-0.4, -0.2) is 41.2 Å². The molecular weight excluding hydrogens is 564 g/mol. The molecule has 0 bridgehead atoms. The average Bonchev–Trinajstić information content (AvgIpc) is 2.97. The molecule has 0 aliphatic heterocycles. The summed E-state index contributed by atoms with van der Waals surface area (Å²) in [5, 5.41) is 14.3. The Morgan fingerprint density at radius 2 is 1.71 bits per heavy atom. The van der Waals surface area contributed by atoms with Crippen LogP contribution in [0, 0.1) is 11.8 Å². The number of amides is 1. The maximum atomic E-state index is 12.7. The van der Waals surface area contributed by atoms with Gasteiger partial charge in [-0.3, -0.25) is 9.63 Å². The monoisotopic (exact) mass is 620 g/mol. The van der Waals surface area contributed by atoms with E-state index in [0.717, 1.165) is 29.7 Å². The summed E-state index contributed by atoms with van der Waals surface area (Å²) < 4.78 is 6.44. The summed E-state index contributed by atoms with van der Waals surface area (Å²) in [5.74, 6) is 2.42. The Morgan fingerprint density at radius 1 is 1.04 bits per heavy atom. The van der Waals surface area contributed by atoms with Gasteiger partial charge in [0.1, 0.15) is 24.4 Å². The van der Waals surface area contributed by atoms with E-state index in [-0.39, 0.29) is 28.4 Å². The third-order valence-electron chi connectivity index (χ3n) is 7.87. The number of hydroxylamine groups is 1. The molecule has 0 fully saturated rings. The lowest BCUT2D eigenvalue weighted by Crippen LogP contribution is -2.47. The van der Waals surface area contributed by atoms with Gasteiger partial charge in [0.15, 0.2) is 0 Å². The van der Waals surface area contributed by atoms with Gasteiger partial charge in [0.2, 0.25) is 0 Å². The first kappa shape index (κ1) is 38.0. The van der Waals surface area contributed by atoms with Crippen molar-refractivity contribution in [2.45, 2.75) is 118 Å². The lowest BCUT2D eigenvalue weighted by Gasteiger charge is -2.33. The molecule has 0 heterocycles. The fourth-order valence-electron chi connectivity index (χ4n) is 4.86. The molecule has 7 nitrogen and oxygen atoms in total. The predicted molar refractivity (Wildman–Crippen MR) is 183 cm³/mol. The Labute approximate surface area is 271 Å². The number of ether oxygens (including phenoxy) is 1. The van der Waals surface area contributed by atoms with Crippen LogP contribution in [0.3, 0.4) is 0 Å². The average molecular weight is 621 g/mol. The van der Waals surface area contributed by atoms with E-state index < -0.39 is 23.7 Å². The van der Waals surface area contributed by atoms with E-state index >= 15 is 0 Å². The van der Waals surface area contributed by atoms with Gasteiger partial charge in [-0.2, -0.15) is 5.48 Å². The van der Waals surface area contributed by atoms with Crippen LogP contribution in [0.5, 0.6) is 5.75 Å². The van der Waals surface area contributed by atoms with Crippen LogP contribution >= 0.6 is 0 Å². The molecule has 0 aliphatic rings. The summed E-state index contributed by atoms with van der Waals surface area (Å²) in [4.78, 5) is 30.8. The summed E-state index contributed by atoms with van der Waals surface area (Å²) in [6.45, 7) is 23.3. The lowest BCUT2D eigenvalue weighted by atomic mass is 9.80. The SMILES string of the molecule is C=C(C(=O)NCCCC)C(=C=O)[C@H](O)[C@H](C[C@H](Cc1ccc(C(C)(C)C)cc1OCc1ccccc1)C(C)C)NOC(C)(C)C. The molecule has 3 atom stereocenters. The van der Waals surface area contributed by atoms with Crippen LogP contribution in [0.25, 0.3) is 0 Å². The first-order valence-electron chi connectivity index (χ1n) is 16.2. The molecule has 0 saturated carbocycles. The summed E-state index contributed by atoms with van der Waals surface area (Å²) in [7, 11) is 0. The van der Waals surface area contributed by atoms with Crippen LogP contribution in [0.2, 0.25) is 0 Å². The van der Waals surface area contributed by atoms with Gasteiger partial charge in [-0.25, -0.2) is 4.79 Å². The number of benzene rings is 2. The van der Waals surface area contributed by atoms with Crippen molar-refractivity contribution in [3.05, 3.63) is 82.9 Å². The van der Waals surface area contributed by atoms with E-state index in [1.54, 1.807) is 5.94 Å². The van der Waals surface area contributed by atoms with Crippen molar-refractivity contribution < 1.29 is 24.3 Å². The number of aliphatic hydroxyl groups excluding tert-OH is 1. The molecule has 1 amide bonds.